The molecule has 0 unspecified atom stereocenters. The molecule has 2 aliphatic heterocycles. The molecule has 0 radical (unpaired) electrons. The van der Waals surface area contributed by atoms with E-state index in [-0.39, 0.29) is 23.7 Å². The number of ether oxygens (including phenoxy) is 3. The average molecular weight is 549 g/mol. The van der Waals surface area contributed by atoms with E-state index in [1.807, 2.05) is 13.8 Å². The summed E-state index contributed by atoms with van der Waals surface area (Å²) in [4.78, 5) is -0.0618. The van der Waals surface area contributed by atoms with Crippen LogP contribution in [0.3, 0.4) is 0 Å². The summed E-state index contributed by atoms with van der Waals surface area (Å²) in [6.07, 6.45) is -5.99. The second-order valence-electron chi connectivity index (χ2n) is 7.25. The van der Waals surface area contributed by atoms with Crippen LogP contribution in [-0.4, -0.2) is 57.4 Å². The summed E-state index contributed by atoms with van der Waals surface area (Å²) in [5, 5.41) is 3.25. The van der Waals surface area contributed by atoms with Crippen molar-refractivity contribution >= 4 is 10.0 Å². The predicted octanol–water partition coefficient (Wildman–Crippen LogP) is 5.32. The summed E-state index contributed by atoms with van der Waals surface area (Å²) >= 11 is 0. The number of rotatable bonds is 5. The molecule has 0 aliphatic carbocycles. The molecule has 0 atom stereocenters. The van der Waals surface area contributed by atoms with E-state index in [1.165, 1.54) is 17.3 Å². The fourth-order valence-electron chi connectivity index (χ4n) is 3.33. The average Bonchev–Trinajstić information content (AvgIpc) is 3.22. The van der Waals surface area contributed by atoms with Gasteiger partial charge in [0.2, 0.25) is 10.0 Å². The molecule has 2 heterocycles. The largest absolute Gasteiger partial charge is 0.573 e. The van der Waals surface area contributed by atoms with Gasteiger partial charge in [0.25, 0.3) is 0 Å². The van der Waals surface area contributed by atoms with Gasteiger partial charge in [0.05, 0.1) is 11.5 Å². The standard InChI is InChI=1S/C14H17F3N2O4S.C6H7F3O.C2H6/c15-14(16,17)23-11-1-3-12(4-2-11)24(20,21)19-8-5-13(6-9-19)18-7-10-22-13;1-3-4-5(2)10-6(7,8)9;1-2/h1-4,18H,5-10H2;3-4H,1H2,2H3;1-2H3/b;5-4+;. The number of allylic oxidation sites excluding steroid dienone is 3. The van der Waals surface area contributed by atoms with E-state index in [9.17, 15) is 34.8 Å². The molecule has 0 bridgehead atoms. The van der Waals surface area contributed by atoms with E-state index in [2.05, 4.69) is 21.4 Å². The molecule has 1 spiro atoms. The number of nitrogens with zero attached hydrogens (tertiary/aromatic N) is 1. The van der Waals surface area contributed by atoms with Crippen LogP contribution in [0.15, 0.2) is 53.7 Å². The van der Waals surface area contributed by atoms with Crippen LogP contribution in [0.2, 0.25) is 0 Å². The van der Waals surface area contributed by atoms with Crippen LogP contribution in [0.5, 0.6) is 5.75 Å². The first-order valence-electron chi connectivity index (χ1n) is 11.0. The number of halogens is 6. The van der Waals surface area contributed by atoms with E-state index >= 15 is 0 Å². The predicted molar refractivity (Wildman–Crippen MR) is 120 cm³/mol. The number of nitrogens with one attached hydrogen (secondary N) is 1. The molecule has 0 amide bonds. The smallest absolute Gasteiger partial charge is 0.411 e. The maximum absolute atomic E-state index is 12.6. The highest BCUT2D eigenvalue weighted by atomic mass is 32.2. The van der Waals surface area contributed by atoms with E-state index < -0.39 is 34.2 Å². The lowest BCUT2D eigenvalue weighted by molar-refractivity contribution is -0.305. The Morgan fingerprint density at radius 1 is 1.08 bits per heavy atom. The highest BCUT2D eigenvalue weighted by Gasteiger charge is 2.41. The molecule has 1 aromatic carbocycles. The van der Waals surface area contributed by atoms with Crippen molar-refractivity contribution in [1.82, 2.24) is 9.62 Å². The van der Waals surface area contributed by atoms with Gasteiger partial charge in [-0.25, -0.2) is 8.42 Å². The lowest BCUT2D eigenvalue weighted by atomic mass is 10.0. The monoisotopic (exact) mass is 548 g/mol. The molecule has 0 aromatic heterocycles. The molecule has 2 saturated heterocycles. The Kier molecular flexibility index (Phi) is 11.7. The zero-order valence-electron chi connectivity index (χ0n) is 20.1. The number of benzene rings is 1. The molecule has 3 rings (SSSR count). The Bertz CT molecular complexity index is 947. The Morgan fingerprint density at radius 2 is 1.64 bits per heavy atom. The first-order chi connectivity index (χ1) is 16.7. The lowest BCUT2D eigenvalue weighted by Gasteiger charge is -2.37. The minimum atomic E-state index is -4.81. The van der Waals surface area contributed by atoms with Gasteiger partial charge in [-0.1, -0.05) is 26.5 Å². The maximum atomic E-state index is 12.6. The van der Waals surface area contributed by atoms with Crippen LogP contribution in [0.1, 0.15) is 33.6 Å². The summed E-state index contributed by atoms with van der Waals surface area (Å²) in [5.41, 5.74) is -0.448. The van der Waals surface area contributed by atoms with Gasteiger partial charge in [0.15, 0.2) is 0 Å². The minimum absolute atomic E-state index is 0.0618. The number of hydrogen-bond donors (Lipinski definition) is 1. The molecule has 2 aliphatic rings. The molecule has 0 saturated carbocycles. The van der Waals surface area contributed by atoms with Crippen LogP contribution in [0.4, 0.5) is 26.3 Å². The summed E-state index contributed by atoms with van der Waals surface area (Å²) < 4.78 is 110. The second-order valence-corrected chi connectivity index (χ2v) is 9.19. The number of hydrogen-bond acceptors (Lipinski definition) is 6. The van der Waals surface area contributed by atoms with Crippen molar-refractivity contribution in [2.24, 2.45) is 0 Å². The van der Waals surface area contributed by atoms with Crippen molar-refractivity contribution < 1.29 is 49.0 Å². The number of sulfonamides is 1. The summed E-state index contributed by atoms with van der Waals surface area (Å²) in [6.45, 7) is 10.3. The second kappa shape index (κ2) is 13.3. The summed E-state index contributed by atoms with van der Waals surface area (Å²) in [6, 6.07) is 4.22. The molecule has 2 fully saturated rings. The molecular weight excluding hydrogens is 518 g/mol. The molecule has 1 N–H and O–H groups in total. The van der Waals surface area contributed by atoms with Crippen LogP contribution in [0, 0.1) is 0 Å². The van der Waals surface area contributed by atoms with Crippen molar-refractivity contribution in [3.05, 3.63) is 48.8 Å². The van der Waals surface area contributed by atoms with Gasteiger partial charge in [0.1, 0.15) is 17.2 Å². The normalized spacial score (nSPS) is 18.4. The van der Waals surface area contributed by atoms with Crippen molar-refractivity contribution in [2.45, 2.75) is 57.0 Å². The highest BCUT2D eigenvalue weighted by Crippen LogP contribution is 2.30. The van der Waals surface area contributed by atoms with Crippen molar-refractivity contribution in [1.29, 1.82) is 0 Å². The zero-order valence-corrected chi connectivity index (χ0v) is 20.9. The van der Waals surface area contributed by atoms with E-state index in [0.717, 1.165) is 36.9 Å². The quantitative estimate of drug-likeness (QED) is 0.305. The van der Waals surface area contributed by atoms with Gasteiger partial charge in [-0.2, -0.15) is 4.31 Å². The third-order valence-corrected chi connectivity index (χ3v) is 6.69. The van der Waals surface area contributed by atoms with Gasteiger partial charge < -0.3 is 14.2 Å². The first-order valence-corrected chi connectivity index (χ1v) is 12.4. The fraction of sp³-hybridized carbons (Fsp3) is 0.545. The minimum Gasteiger partial charge on any atom is -0.411 e. The van der Waals surface area contributed by atoms with Gasteiger partial charge in [-0.3, -0.25) is 5.32 Å². The molecular formula is C22H30F6N2O5S. The lowest BCUT2D eigenvalue weighted by Crippen LogP contribution is -2.52. The molecule has 1 aromatic rings. The van der Waals surface area contributed by atoms with Crippen LogP contribution in [0.25, 0.3) is 0 Å². The van der Waals surface area contributed by atoms with Crippen molar-refractivity contribution in [2.75, 3.05) is 26.2 Å². The molecule has 14 heteroatoms. The van der Waals surface area contributed by atoms with Gasteiger partial charge >= 0.3 is 12.7 Å². The molecule has 36 heavy (non-hydrogen) atoms. The van der Waals surface area contributed by atoms with Gasteiger partial charge in [0, 0.05) is 32.5 Å². The van der Waals surface area contributed by atoms with E-state index in [1.54, 1.807) is 0 Å². The Labute approximate surface area is 206 Å². The zero-order chi connectivity index (χ0) is 27.6. The SMILES string of the molecule is C=C/C=C(\C)OC(F)(F)F.CC.O=S(=O)(c1ccc(OC(F)(F)F)cc1)N1CCC2(CC1)NCCO2. The third-order valence-electron chi connectivity index (χ3n) is 4.78. The number of piperidine rings is 1. The Morgan fingerprint density at radius 3 is 2.06 bits per heavy atom. The topological polar surface area (TPSA) is 77.1 Å². The van der Waals surface area contributed by atoms with Crippen molar-refractivity contribution in [3.8, 4) is 5.75 Å². The maximum Gasteiger partial charge on any atom is 0.573 e. The van der Waals surface area contributed by atoms with Crippen LogP contribution in [-0.2, 0) is 19.5 Å². The third kappa shape index (κ3) is 10.4. The molecule has 7 nitrogen and oxygen atoms in total. The van der Waals surface area contributed by atoms with Gasteiger partial charge in [-0.05, 0) is 37.3 Å². The van der Waals surface area contributed by atoms with Crippen molar-refractivity contribution in [3.63, 3.8) is 0 Å². The van der Waals surface area contributed by atoms with E-state index in [4.69, 9.17) is 4.74 Å². The van der Waals surface area contributed by atoms with Crippen LogP contribution >= 0.6 is 0 Å². The first kappa shape index (κ1) is 31.7. The van der Waals surface area contributed by atoms with Gasteiger partial charge in [-0.15, -0.1) is 26.3 Å². The van der Waals surface area contributed by atoms with E-state index in [0.29, 0.717) is 19.4 Å². The molecule has 206 valence electrons. The number of alkyl halides is 6. The summed E-state index contributed by atoms with van der Waals surface area (Å²) in [7, 11) is -3.76. The highest BCUT2D eigenvalue weighted by molar-refractivity contribution is 7.89. The fourth-order valence-corrected chi connectivity index (χ4v) is 4.77. The summed E-state index contributed by atoms with van der Waals surface area (Å²) in [5.74, 6) is -0.676. The van der Waals surface area contributed by atoms with Crippen LogP contribution < -0.4 is 10.1 Å². The Balaban J connectivity index is 0.000000458. The Hall–Kier alpha value is -2.29.